The molecule has 2 aliphatic rings. The van der Waals surface area contributed by atoms with Gasteiger partial charge in [0.2, 0.25) is 0 Å². The minimum absolute atomic E-state index is 0.296. The van der Waals surface area contributed by atoms with Crippen molar-refractivity contribution in [2.75, 3.05) is 119 Å². The largest absolute Gasteiger partial charge is 0.377 e. The molecule has 0 aliphatic carbocycles. The second kappa shape index (κ2) is 19.3. The fourth-order valence-electron chi connectivity index (χ4n) is 2.76. The molecule has 0 aromatic heterocycles. The lowest BCUT2D eigenvalue weighted by Crippen LogP contribution is -2.41. The van der Waals surface area contributed by atoms with Gasteiger partial charge in [0, 0.05) is 0 Å². The molecule has 178 valence electrons. The molecule has 2 saturated heterocycles. The summed E-state index contributed by atoms with van der Waals surface area (Å²) in [6.45, 7) is 8.71. The molecule has 10 nitrogen and oxygen atoms in total. The molecule has 0 N–H and O–H groups in total. The fourth-order valence-corrected chi connectivity index (χ4v) is 2.76. The molecular weight excluding hydrogens is 400 g/mol. The Labute approximate surface area is 179 Å². The molecule has 0 unspecified atom stereocenters. The summed E-state index contributed by atoms with van der Waals surface area (Å²) in [7, 11) is 0. The van der Waals surface area contributed by atoms with Crippen molar-refractivity contribution in [3.05, 3.63) is 0 Å². The first kappa shape index (κ1) is 25.9. The highest BCUT2D eigenvalue weighted by molar-refractivity contribution is 4.71. The normalized spacial score (nSPS) is 29.6. The fraction of sp³-hybridized carbons (Fsp3) is 1.00. The average molecular weight is 439 g/mol. The predicted molar refractivity (Wildman–Crippen MR) is 106 cm³/mol. The van der Waals surface area contributed by atoms with Crippen molar-refractivity contribution in [3.63, 3.8) is 0 Å². The van der Waals surface area contributed by atoms with E-state index in [1.807, 2.05) is 0 Å². The highest BCUT2D eigenvalue weighted by Gasteiger charge is 2.24. The lowest BCUT2D eigenvalue weighted by atomic mass is 10.2. The van der Waals surface area contributed by atoms with E-state index in [1.54, 1.807) is 0 Å². The molecule has 10 heteroatoms. The zero-order valence-electron chi connectivity index (χ0n) is 18.0. The van der Waals surface area contributed by atoms with Crippen LogP contribution in [0.3, 0.4) is 0 Å². The summed E-state index contributed by atoms with van der Waals surface area (Å²) in [6, 6.07) is 0. The second-order valence-corrected chi connectivity index (χ2v) is 6.64. The van der Waals surface area contributed by atoms with E-state index < -0.39 is 0 Å². The Morgan fingerprint density at radius 3 is 0.800 bits per heavy atom. The van der Waals surface area contributed by atoms with Gasteiger partial charge in [-0.2, -0.15) is 0 Å². The molecule has 0 bridgehead atoms. The maximum Gasteiger partial charge on any atom is 0.109 e. The third-order valence-electron chi connectivity index (χ3n) is 4.33. The minimum atomic E-state index is -0.296. The number of hydrogen-bond donors (Lipinski definition) is 0. The standard InChI is InChI=1S/C20H38O10/c1-3-23-9-11-27-17-19-20(18-28-12-10-24-4-2-21-1)30-16-14-26-8-6-22-5-7-25-13-15-29-19/h19-20H,1-18H2/t19-,20-/m0/s1. The number of fused-ring (bicyclic) bond motifs is 1. The van der Waals surface area contributed by atoms with Gasteiger partial charge in [0.1, 0.15) is 12.2 Å². The van der Waals surface area contributed by atoms with Crippen molar-refractivity contribution in [2.45, 2.75) is 12.2 Å². The number of hydrogen-bond acceptors (Lipinski definition) is 10. The lowest BCUT2D eigenvalue weighted by Gasteiger charge is -2.27. The summed E-state index contributed by atoms with van der Waals surface area (Å²) in [4.78, 5) is 0. The highest BCUT2D eigenvalue weighted by Crippen LogP contribution is 2.08. The first-order valence-electron chi connectivity index (χ1n) is 10.8. The smallest absolute Gasteiger partial charge is 0.109 e. The SMILES string of the molecule is C1COCCOC[C@@H]2OCCOCCOCCOCCO[C@H]2COCCOCCO1. The van der Waals surface area contributed by atoms with Crippen LogP contribution in [0.2, 0.25) is 0 Å². The van der Waals surface area contributed by atoms with Crippen molar-refractivity contribution in [2.24, 2.45) is 0 Å². The summed E-state index contributed by atoms with van der Waals surface area (Å²) < 4.78 is 56.5. The Morgan fingerprint density at radius 2 is 0.500 bits per heavy atom. The van der Waals surface area contributed by atoms with Crippen LogP contribution in [-0.4, -0.2) is 131 Å². The van der Waals surface area contributed by atoms with Crippen molar-refractivity contribution in [1.29, 1.82) is 0 Å². The van der Waals surface area contributed by atoms with Gasteiger partial charge in [-0.25, -0.2) is 0 Å². The van der Waals surface area contributed by atoms with Crippen LogP contribution < -0.4 is 0 Å². The van der Waals surface area contributed by atoms with Gasteiger partial charge in [-0.15, -0.1) is 0 Å². The molecule has 2 rings (SSSR count). The molecule has 0 aromatic carbocycles. The Morgan fingerprint density at radius 1 is 0.267 bits per heavy atom. The molecule has 2 heterocycles. The molecule has 0 aromatic rings. The summed E-state index contributed by atoms with van der Waals surface area (Å²) in [6.07, 6.45) is -0.593. The van der Waals surface area contributed by atoms with Gasteiger partial charge < -0.3 is 47.4 Å². The van der Waals surface area contributed by atoms with Crippen molar-refractivity contribution in [3.8, 4) is 0 Å². The molecule has 2 fully saturated rings. The maximum atomic E-state index is 6.02. The van der Waals surface area contributed by atoms with Crippen LogP contribution in [0, 0.1) is 0 Å². The molecule has 0 spiro atoms. The van der Waals surface area contributed by atoms with E-state index in [4.69, 9.17) is 47.4 Å². The minimum Gasteiger partial charge on any atom is -0.377 e. The van der Waals surface area contributed by atoms with Gasteiger partial charge >= 0.3 is 0 Å². The van der Waals surface area contributed by atoms with E-state index in [0.717, 1.165) is 0 Å². The van der Waals surface area contributed by atoms with E-state index in [9.17, 15) is 0 Å². The Kier molecular flexibility index (Phi) is 16.6. The van der Waals surface area contributed by atoms with Crippen LogP contribution >= 0.6 is 0 Å². The summed E-state index contributed by atoms with van der Waals surface area (Å²) >= 11 is 0. The Bertz CT molecular complexity index is 341. The van der Waals surface area contributed by atoms with Crippen LogP contribution in [0.15, 0.2) is 0 Å². The third kappa shape index (κ3) is 13.8. The molecular formula is C20H38O10. The quantitative estimate of drug-likeness (QED) is 0.511. The van der Waals surface area contributed by atoms with Gasteiger partial charge in [0.05, 0.1) is 119 Å². The average Bonchev–Trinajstić information content (AvgIpc) is 2.76. The van der Waals surface area contributed by atoms with Crippen LogP contribution in [0.4, 0.5) is 0 Å². The van der Waals surface area contributed by atoms with Crippen LogP contribution in [0.5, 0.6) is 0 Å². The van der Waals surface area contributed by atoms with Gasteiger partial charge in [-0.1, -0.05) is 0 Å². The van der Waals surface area contributed by atoms with E-state index in [2.05, 4.69) is 0 Å². The van der Waals surface area contributed by atoms with E-state index in [1.165, 1.54) is 0 Å². The summed E-state index contributed by atoms with van der Waals surface area (Å²) in [5, 5.41) is 0. The maximum absolute atomic E-state index is 6.02. The first-order chi connectivity index (χ1) is 15.0. The van der Waals surface area contributed by atoms with Crippen molar-refractivity contribution in [1.82, 2.24) is 0 Å². The van der Waals surface area contributed by atoms with Crippen LogP contribution in [0.1, 0.15) is 0 Å². The molecule has 0 amide bonds. The van der Waals surface area contributed by atoms with E-state index >= 15 is 0 Å². The Hall–Kier alpha value is -0.400. The van der Waals surface area contributed by atoms with E-state index in [-0.39, 0.29) is 12.2 Å². The Balaban J connectivity index is 1.87. The zero-order valence-corrected chi connectivity index (χ0v) is 18.0. The number of ether oxygens (including phenoxy) is 10. The lowest BCUT2D eigenvalue weighted by molar-refractivity contribution is -0.141. The molecule has 0 radical (unpaired) electrons. The van der Waals surface area contributed by atoms with Gasteiger partial charge in [0.15, 0.2) is 0 Å². The van der Waals surface area contributed by atoms with E-state index in [0.29, 0.717) is 119 Å². The van der Waals surface area contributed by atoms with Gasteiger partial charge in [-0.05, 0) is 0 Å². The van der Waals surface area contributed by atoms with Crippen molar-refractivity contribution < 1.29 is 47.4 Å². The first-order valence-corrected chi connectivity index (χ1v) is 10.8. The molecule has 30 heavy (non-hydrogen) atoms. The molecule has 2 atom stereocenters. The monoisotopic (exact) mass is 438 g/mol. The van der Waals surface area contributed by atoms with Crippen molar-refractivity contribution >= 4 is 0 Å². The second-order valence-electron chi connectivity index (χ2n) is 6.64. The van der Waals surface area contributed by atoms with Gasteiger partial charge in [-0.3, -0.25) is 0 Å². The summed E-state index contributed by atoms with van der Waals surface area (Å²) in [5.74, 6) is 0. The highest BCUT2D eigenvalue weighted by atomic mass is 16.6. The van der Waals surface area contributed by atoms with Gasteiger partial charge in [0.25, 0.3) is 0 Å². The molecule has 2 aliphatic heterocycles. The third-order valence-corrected chi connectivity index (χ3v) is 4.33. The zero-order chi connectivity index (χ0) is 21.0. The molecule has 0 saturated carbocycles. The predicted octanol–water partition coefficient (Wildman–Crippen LogP) is -0.0832. The van der Waals surface area contributed by atoms with Crippen LogP contribution in [0.25, 0.3) is 0 Å². The summed E-state index contributed by atoms with van der Waals surface area (Å²) in [5.41, 5.74) is 0. The van der Waals surface area contributed by atoms with Crippen LogP contribution in [-0.2, 0) is 47.4 Å². The number of rotatable bonds is 0. The topological polar surface area (TPSA) is 92.3 Å².